The molecule has 0 amide bonds. The number of halogens is 4. The summed E-state index contributed by atoms with van der Waals surface area (Å²) >= 11 is 6.50. The maximum atomic E-state index is 13.3. The molecule has 0 aliphatic carbocycles. The Bertz CT molecular complexity index is 1280. The molecule has 0 bridgehead atoms. The van der Waals surface area contributed by atoms with E-state index in [4.69, 9.17) is 11.6 Å². The Kier molecular flexibility index (Phi) is 7.31. The molecule has 2 atom stereocenters. The summed E-state index contributed by atoms with van der Waals surface area (Å²) in [6.45, 7) is 1.39. The van der Waals surface area contributed by atoms with Crippen LogP contribution in [0.4, 0.5) is 19.0 Å². The number of anilines is 1. The largest absolute Gasteiger partial charge is 0.416 e. The van der Waals surface area contributed by atoms with Gasteiger partial charge in [0.15, 0.2) is 16.8 Å². The van der Waals surface area contributed by atoms with Crippen LogP contribution in [-0.2, 0) is 23.9 Å². The highest BCUT2D eigenvalue weighted by Gasteiger charge is 2.37. The van der Waals surface area contributed by atoms with E-state index in [0.29, 0.717) is 17.7 Å². The number of ketones is 1. The van der Waals surface area contributed by atoms with Crippen LogP contribution >= 0.6 is 11.6 Å². The predicted molar refractivity (Wildman–Crippen MR) is 129 cm³/mol. The van der Waals surface area contributed by atoms with Gasteiger partial charge in [-0.15, -0.1) is 0 Å². The molecular weight excluding hydrogens is 479 g/mol. The van der Waals surface area contributed by atoms with Crippen molar-refractivity contribution in [3.63, 3.8) is 0 Å². The lowest BCUT2D eigenvalue weighted by Crippen LogP contribution is -2.30. The molecule has 1 aliphatic rings. The van der Waals surface area contributed by atoms with E-state index in [1.165, 1.54) is 29.2 Å². The number of benzene rings is 2. The van der Waals surface area contributed by atoms with Crippen molar-refractivity contribution in [1.29, 1.82) is 0 Å². The van der Waals surface area contributed by atoms with E-state index in [9.17, 15) is 22.8 Å². The zero-order valence-corrected chi connectivity index (χ0v) is 19.9. The SMILES string of the molecule is CC(=O)[C@@H]1C[C@@H](CCCc2ccccc2)c2c(Cl)nc(NCc3cccc(C(F)(F)F)c3)c(=O)n21. The molecule has 3 aromatic rings. The van der Waals surface area contributed by atoms with E-state index >= 15 is 0 Å². The molecule has 5 nitrogen and oxygen atoms in total. The number of rotatable bonds is 8. The number of aryl methyl sites for hydroxylation is 1. The van der Waals surface area contributed by atoms with Crippen LogP contribution in [0.25, 0.3) is 0 Å². The van der Waals surface area contributed by atoms with Crippen LogP contribution in [0.1, 0.15) is 60.5 Å². The number of nitrogens with zero attached hydrogens (tertiary/aromatic N) is 2. The topological polar surface area (TPSA) is 64.0 Å². The average Bonchev–Trinajstić information content (AvgIpc) is 3.21. The maximum absolute atomic E-state index is 13.3. The van der Waals surface area contributed by atoms with Crippen molar-refractivity contribution in [1.82, 2.24) is 9.55 Å². The second-order valence-corrected chi connectivity index (χ2v) is 9.16. The normalized spacial score (nSPS) is 17.3. The minimum Gasteiger partial charge on any atom is -0.361 e. The number of aromatic nitrogens is 2. The van der Waals surface area contributed by atoms with Gasteiger partial charge in [0.25, 0.3) is 5.56 Å². The van der Waals surface area contributed by atoms with Gasteiger partial charge >= 0.3 is 6.18 Å². The van der Waals surface area contributed by atoms with Gasteiger partial charge in [0, 0.05) is 12.5 Å². The highest BCUT2D eigenvalue weighted by molar-refractivity contribution is 6.30. The fourth-order valence-electron chi connectivity index (χ4n) is 4.65. The first kappa shape index (κ1) is 25.0. The fourth-order valence-corrected chi connectivity index (χ4v) is 4.98. The summed E-state index contributed by atoms with van der Waals surface area (Å²) in [7, 11) is 0. The second kappa shape index (κ2) is 10.2. The van der Waals surface area contributed by atoms with Crippen LogP contribution in [0.15, 0.2) is 59.4 Å². The third-order valence-electron chi connectivity index (χ3n) is 6.35. The third-order valence-corrected chi connectivity index (χ3v) is 6.63. The van der Waals surface area contributed by atoms with Gasteiger partial charge in [0.2, 0.25) is 0 Å². The molecule has 9 heteroatoms. The summed E-state index contributed by atoms with van der Waals surface area (Å²) in [4.78, 5) is 29.9. The van der Waals surface area contributed by atoms with Crippen molar-refractivity contribution in [2.24, 2.45) is 0 Å². The Hall–Kier alpha value is -3.13. The van der Waals surface area contributed by atoms with Gasteiger partial charge in [-0.1, -0.05) is 54.1 Å². The monoisotopic (exact) mass is 503 g/mol. The molecule has 0 saturated carbocycles. The molecular formula is C26H25ClF3N3O2. The molecule has 35 heavy (non-hydrogen) atoms. The van der Waals surface area contributed by atoms with Crippen molar-refractivity contribution >= 4 is 23.2 Å². The van der Waals surface area contributed by atoms with Crippen LogP contribution in [-0.4, -0.2) is 15.3 Å². The summed E-state index contributed by atoms with van der Waals surface area (Å²) < 4.78 is 40.4. The van der Waals surface area contributed by atoms with E-state index in [-0.39, 0.29) is 29.2 Å². The van der Waals surface area contributed by atoms with E-state index in [0.717, 1.165) is 31.4 Å². The molecule has 184 valence electrons. The lowest BCUT2D eigenvalue weighted by molar-refractivity contribution is -0.137. The van der Waals surface area contributed by atoms with Crippen molar-refractivity contribution in [3.05, 3.63) is 92.5 Å². The number of carbonyl (C=O) groups excluding carboxylic acids is 1. The van der Waals surface area contributed by atoms with Gasteiger partial charge < -0.3 is 5.32 Å². The number of hydrogen-bond donors (Lipinski definition) is 1. The Labute approximate surface area is 206 Å². The zero-order chi connectivity index (χ0) is 25.2. The van der Waals surface area contributed by atoms with E-state index < -0.39 is 23.3 Å². The second-order valence-electron chi connectivity index (χ2n) is 8.80. The first-order valence-corrected chi connectivity index (χ1v) is 11.8. The van der Waals surface area contributed by atoms with Gasteiger partial charge in [-0.05, 0) is 55.9 Å². The minimum atomic E-state index is -4.46. The highest BCUT2D eigenvalue weighted by atomic mass is 35.5. The first-order valence-electron chi connectivity index (χ1n) is 11.4. The Morgan fingerprint density at radius 3 is 2.54 bits per heavy atom. The van der Waals surface area contributed by atoms with Crippen LogP contribution in [0, 0.1) is 0 Å². The highest BCUT2D eigenvalue weighted by Crippen LogP contribution is 2.41. The first-order chi connectivity index (χ1) is 16.6. The Morgan fingerprint density at radius 1 is 1.14 bits per heavy atom. The molecule has 0 saturated heterocycles. The van der Waals surface area contributed by atoms with Gasteiger partial charge in [-0.3, -0.25) is 14.2 Å². The van der Waals surface area contributed by atoms with Crippen molar-refractivity contribution in [3.8, 4) is 0 Å². The minimum absolute atomic E-state index is 0.0485. The molecule has 1 N–H and O–H groups in total. The Balaban J connectivity index is 1.55. The van der Waals surface area contributed by atoms with Crippen molar-refractivity contribution in [2.45, 2.75) is 57.3 Å². The molecule has 0 fully saturated rings. The number of Topliss-reactive ketones (excluding diaryl/α,β-unsaturated/α-hetero) is 1. The standard InChI is InChI=1S/C26H25ClF3N3O2/c1-16(34)21-14-19(11-5-9-17-7-3-2-4-8-17)22-23(27)32-24(25(35)33(21)22)31-15-18-10-6-12-20(13-18)26(28,29)30/h2-4,6-8,10,12-13,19,21H,5,9,11,14-15H2,1H3,(H,31,32)/t19-,21+/m1/s1. The number of nitrogens with one attached hydrogen (secondary N) is 1. The smallest absolute Gasteiger partial charge is 0.361 e. The number of carbonyl (C=O) groups is 1. The average molecular weight is 504 g/mol. The summed E-state index contributed by atoms with van der Waals surface area (Å²) in [5.41, 5.74) is 0.828. The predicted octanol–water partition coefficient (Wildman–Crippen LogP) is 6.17. The zero-order valence-electron chi connectivity index (χ0n) is 19.1. The molecule has 0 unspecified atom stereocenters. The summed E-state index contributed by atoms with van der Waals surface area (Å²) in [5.74, 6) is -0.324. The molecule has 2 heterocycles. The number of hydrogen-bond acceptors (Lipinski definition) is 4. The number of fused-ring (bicyclic) bond motifs is 1. The summed E-state index contributed by atoms with van der Waals surface area (Å²) in [6, 6.07) is 14.2. The van der Waals surface area contributed by atoms with Crippen LogP contribution in [0.5, 0.6) is 0 Å². The van der Waals surface area contributed by atoms with E-state index in [1.807, 2.05) is 18.2 Å². The molecule has 1 aromatic heterocycles. The van der Waals surface area contributed by atoms with Gasteiger partial charge in [0.1, 0.15) is 0 Å². The maximum Gasteiger partial charge on any atom is 0.416 e. The van der Waals surface area contributed by atoms with Gasteiger partial charge in [0.05, 0.1) is 17.3 Å². The molecule has 1 aliphatic heterocycles. The fraction of sp³-hybridized carbons (Fsp3) is 0.346. The quantitative estimate of drug-likeness (QED) is 0.399. The summed E-state index contributed by atoms with van der Waals surface area (Å²) in [5, 5.41) is 2.94. The third kappa shape index (κ3) is 5.59. The van der Waals surface area contributed by atoms with Crippen molar-refractivity contribution in [2.75, 3.05) is 5.32 Å². The molecule has 0 spiro atoms. The van der Waals surface area contributed by atoms with Gasteiger partial charge in [-0.25, -0.2) is 4.98 Å². The summed E-state index contributed by atoms with van der Waals surface area (Å²) in [6.07, 6.45) is -1.52. The Morgan fingerprint density at radius 2 is 1.86 bits per heavy atom. The molecule has 4 rings (SSSR count). The lowest BCUT2D eigenvalue weighted by Gasteiger charge is -2.15. The van der Waals surface area contributed by atoms with Crippen molar-refractivity contribution < 1.29 is 18.0 Å². The van der Waals surface area contributed by atoms with Crippen LogP contribution in [0.3, 0.4) is 0 Å². The molecule has 2 aromatic carbocycles. The van der Waals surface area contributed by atoms with Crippen LogP contribution in [0.2, 0.25) is 5.15 Å². The van der Waals surface area contributed by atoms with Gasteiger partial charge in [-0.2, -0.15) is 13.2 Å². The lowest BCUT2D eigenvalue weighted by atomic mass is 9.93. The number of alkyl halides is 3. The van der Waals surface area contributed by atoms with E-state index in [1.54, 1.807) is 0 Å². The molecule has 0 radical (unpaired) electrons. The van der Waals surface area contributed by atoms with Crippen LogP contribution < -0.4 is 10.9 Å². The van der Waals surface area contributed by atoms with E-state index in [2.05, 4.69) is 22.4 Å².